The number of ether oxygens (including phenoxy) is 4. The van der Waals surface area contributed by atoms with Crippen molar-refractivity contribution in [1.29, 1.82) is 0 Å². The van der Waals surface area contributed by atoms with Crippen molar-refractivity contribution in [3.05, 3.63) is 30.2 Å². The van der Waals surface area contributed by atoms with E-state index in [1.54, 1.807) is 4.57 Å². The van der Waals surface area contributed by atoms with E-state index in [0.29, 0.717) is 17.7 Å². The number of fused-ring (bicyclic) bond motifs is 4. The van der Waals surface area contributed by atoms with Gasteiger partial charge in [-0.1, -0.05) is 86.5 Å². The number of hydrogen-bond donors (Lipinski definition) is 5. The molecule has 4 aromatic rings. The van der Waals surface area contributed by atoms with E-state index in [0.717, 1.165) is 36.4 Å². The van der Waals surface area contributed by atoms with E-state index in [4.69, 9.17) is 69.0 Å². The highest BCUT2D eigenvalue weighted by Gasteiger charge is 2.56. The second-order valence-electron chi connectivity index (χ2n) is 23.7. The highest BCUT2D eigenvalue weighted by atomic mass is 32.7. The van der Waals surface area contributed by atoms with Crippen LogP contribution in [0.4, 0.5) is 16.4 Å². The number of nitrogens with zero attached hydrogens (tertiary/aromatic N) is 7. The highest BCUT2D eigenvalue weighted by Crippen LogP contribution is 2.59. The van der Waals surface area contributed by atoms with Crippen molar-refractivity contribution >= 4 is 102 Å². The van der Waals surface area contributed by atoms with Gasteiger partial charge in [0.2, 0.25) is 0 Å². The molecule has 0 saturated carbocycles. The van der Waals surface area contributed by atoms with E-state index in [1.807, 2.05) is 10.8 Å². The predicted octanol–water partition coefficient (Wildman–Crippen LogP) is 8.47. The average molecular weight is 1150 g/mol. The van der Waals surface area contributed by atoms with Crippen molar-refractivity contribution in [1.82, 2.24) is 39.4 Å². The van der Waals surface area contributed by atoms with Gasteiger partial charge in [0.25, 0.3) is 0 Å². The Labute approximate surface area is 440 Å². The Morgan fingerprint density at radius 2 is 1.66 bits per heavy atom. The SMILES string of the molecule is CC(C)(C)[Si](C)(C)CO[C@H]1[C@H]2OP(O)(=S)OC[C@H]3O[C@@H](n4cc5c6c(ncnc64)NCCC5)[C@H](O[Si](C)(C)C(C)(C)C)[C@@H]3OP(=O)(S)OC[C@H]1O[C@H]2n1cnc2c(N)nc(CNC(=O)OCC[Si](C)(C)C)nc21. The van der Waals surface area contributed by atoms with Crippen LogP contribution in [0, 0.1) is 0 Å². The van der Waals surface area contributed by atoms with E-state index < -0.39 is 93.2 Å². The van der Waals surface area contributed by atoms with Crippen LogP contribution >= 0.6 is 25.8 Å². The lowest BCUT2D eigenvalue weighted by Gasteiger charge is -2.41. The Kier molecular flexibility index (Phi) is 16.4. The van der Waals surface area contributed by atoms with Crippen LogP contribution in [-0.2, 0) is 70.8 Å². The average Bonchev–Trinajstić information content (AvgIpc) is 3.99. The third-order valence-electron chi connectivity index (χ3n) is 14.9. The summed E-state index contributed by atoms with van der Waals surface area (Å²) in [4.78, 5) is 47.9. The number of amides is 1. The summed E-state index contributed by atoms with van der Waals surface area (Å²) in [7, 11) is -6.29. The molecule has 1 amide bonds. The van der Waals surface area contributed by atoms with Gasteiger partial charge in [-0.3, -0.25) is 18.1 Å². The fourth-order valence-electron chi connectivity index (χ4n) is 8.51. The van der Waals surface area contributed by atoms with Gasteiger partial charge >= 0.3 is 19.6 Å². The zero-order valence-electron chi connectivity index (χ0n) is 44.1. The summed E-state index contributed by atoms with van der Waals surface area (Å²) in [6.07, 6.45) is -2.13. The molecule has 2 bridgehead atoms. The summed E-state index contributed by atoms with van der Waals surface area (Å²) in [6.45, 7) is 19.6. The van der Waals surface area contributed by atoms with Crippen LogP contribution in [0.15, 0.2) is 18.9 Å². The minimum atomic E-state index is -4.37. The number of carbonyl (C=O) groups excluding carboxylic acids is 1. The zero-order chi connectivity index (χ0) is 53.3. The van der Waals surface area contributed by atoms with Crippen LogP contribution in [0.3, 0.4) is 0 Å². The van der Waals surface area contributed by atoms with Crippen LogP contribution in [0.2, 0.25) is 61.9 Å². The molecule has 29 heteroatoms. The standard InChI is InChI=1S/C44H74N10O12P2S2Si3/c1-43(2,3)72(10,11)25-59-32-27-21-60-67(56,69)64-33-28(63-41(35(33)66-73(12,13)44(4,5)6)53-20-26-15-14-16-46-37-30(26)38(53)49-23-48-37)22-61-68(57,70)65-34(32)40(62-27)54-24-50-31-36(45)51-29(52-39(31)54)19-47-42(55)58-17-18-71(7,8)9/h20,23-24,27-28,32-35,40-41H,14-19,21-22,25H2,1-13H3,(H,47,55)(H,56,69)(H,57,70)(H2,45,51,52)(H,46,48,49)/t27-,28-,32-,33-,34-,35-,40-,41-,67?,68?/m1/s1. The molecule has 0 aliphatic carbocycles. The number of alkyl carbamates (subject to hydrolysis) is 1. The molecule has 4 aromatic heterocycles. The van der Waals surface area contributed by atoms with Gasteiger partial charge in [0, 0.05) is 27.0 Å². The van der Waals surface area contributed by atoms with Gasteiger partial charge in [0.1, 0.15) is 59.9 Å². The first-order valence-corrected chi connectivity index (χ1v) is 39.8. The highest BCUT2D eigenvalue weighted by molar-refractivity contribution is 8.44. The lowest BCUT2D eigenvalue weighted by Crippen LogP contribution is -2.49. The van der Waals surface area contributed by atoms with E-state index in [1.165, 1.54) is 12.7 Å². The van der Waals surface area contributed by atoms with Crippen LogP contribution in [-0.4, -0.2) is 139 Å². The number of imidazole rings is 1. The number of thiol groups is 1. The number of rotatable bonds is 12. The first-order valence-electron chi connectivity index (χ1n) is 24.7. The fourth-order valence-corrected chi connectivity index (χ4v) is 14.4. The lowest BCUT2D eigenvalue weighted by atomic mass is 10.1. The third-order valence-corrected chi connectivity index (χ3v) is 29.2. The molecule has 0 aromatic carbocycles. The normalized spacial score (nSPS) is 29.7. The van der Waals surface area contributed by atoms with Crippen molar-refractivity contribution in [3.63, 3.8) is 0 Å². The molecular formula is C44H74N10O12P2S2Si3. The molecule has 10 atom stereocenters. The number of nitrogen functional groups attached to an aromatic ring is 1. The van der Waals surface area contributed by atoms with Crippen LogP contribution < -0.4 is 16.4 Å². The van der Waals surface area contributed by atoms with E-state index >= 15 is 0 Å². The molecule has 5 N–H and O–H groups in total. The summed E-state index contributed by atoms with van der Waals surface area (Å²) < 4.78 is 77.2. The monoisotopic (exact) mass is 1140 g/mol. The molecular weight excluding hydrogens is 1070 g/mol. The van der Waals surface area contributed by atoms with Crippen molar-refractivity contribution in [2.45, 2.75) is 172 Å². The van der Waals surface area contributed by atoms with E-state index in [2.05, 4.69) is 125 Å². The molecule has 2 unspecified atom stereocenters. The molecule has 0 spiro atoms. The molecule has 406 valence electrons. The number of anilines is 2. The molecule has 22 nitrogen and oxygen atoms in total. The largest absolute Gasteiger partial charge is 0.450 e. The van der Waals surface area contributed by atoms with Crippen molar-refractivity contribution in [3.8, 4) is 0 Å². The molecule has 4 aliphatic heterocycles. The van der Waals surface area contributed by atoms with Crippen molar-refractivity contribution in [2.24, 2.45) is 0 Å². The van der Waals surface area contributed by atoms with Gasteiger partial charge < -0.3 is 53.7 Å². The number of carbonyl (C=O) groups is 1. The smallest absolute Gasteiger partial charge is 0.407 e. The minimum absolute atomic E-state index is 0.0387. The molecule has 4 aliphatic rings. The maximum atomic E-state index is 14.9. The first kappa shape index (κ1) is 56.8. The quantitative estimate of drug-likeness (QED) is 0.0506. The maximum Gasteiger partial charge on any atom is 0.407 e. The van der Waals surface area contributed by atoms with Crippen LogP contribution in [0.5, 0.6) is 0 Å². The summed E-state index contributed by atoms with van der Waals surface area (Å²) >= 11 is 10.5. The minimum Gasteiger partial charge on any atom is -0.450 e. The van der Waals surface area contributed by atoms with Gasteiger partial charge in [-0.15, -0.1) is 0 Å². The predicted molar refractivity (Wildman–Crippen MR) is 292 cm³/mol. The van der Waals surface area contributed by atoms with Gasteiger partial charge in [-0.05, 0) is 59.4 Å². The molecule has 3 saturated heterocycles. The Bertz CT molecular complexity index is 2770. The Morgan fingerprint density at radius 3 is 2.36 bits per heavy atom. The zero-order valence-corrected chi connectivity index (χ0v) is 50.6. The summed E-state index contributed by atoms with van der Waals surface area (Å²) in [6, 6.07) is 0.807. The van der Waals surface area contributed by atoms with Gasteiger partial charge in [-0.2, -0.15) is 0 Å². The Hall–Kier alpha value is -2.44. The van der Waals surface area contributed by atoms with E-state index in [-0.39, 0.29) is 59.2 Å². The van der Waals surface area contributed by atoms with Gasteiger partial charge in [0.05, 0.1) is 46.2 Å². The third kappa shape index (κ3) is 12.6. The van der Waals surface area contributed by atoms with Crippen LogP contribution in [0.25, 0.3) is 22.2 Å². The summed E-state index contributed by atoms with van der Waals surface area (Å²) in [5.74, 6) is 0.920. The number of hydrogen-bond acceptors (Lipinski definition) is 19. The molecule has 0 radical (unpaired) electrons. The van der Waals surface area contributed by atoms with E-state index in [9.17, 15) is 14.3 Å². The van der Waals surface area contributed by atoms with Crippen LogP contribution in [0.1, 0.15) is 71.8 Å². The van der Waals surface area contributed by atoms with Crippen molar-refractivity contribution < 1.29 is 55.7 Å². The molecule has 73 heavy (non-hydrogen) atoms. The Balaban J connectivity index is 1.15. The molecule has 3 fully saturated rings. The maximum absolute atomic E-state index is 14.9. The number of nitrogens with two attached hydrogens (primary N) is 1. The fraction of sp³-hybridized carbons (Fsp3) is 0.727. The number of aryl methyl sites for hydroxylation is 1. The number of aromatic nitrogens is 7. The van der Waals surface area contributed by atoms with Gasteiger partial charge in [0.15, 0.2) is 38.1 Å². The summed E-state index contributed by atoms with van der Waals surface area (Å²) in [5, 5.41) is 6.63. The lowest BCUT2D eigenvalue weighted by molar-refractivity contribution is -0.0597. The topological polar surface area (TPSA) is 262 Å². The summed E-state index contributed by atoms with van der Waals surface area (Å²) in [5.41, 5.74) is 8.55. The first-order chi connectivity index (χ1) is 33.8. The van der Waals surface area contributed by atoms with Crippen molar-refractivity contribution in [2.75, 3.05) is 43.6 Å². The number of nitrogens with one attached hydrogen (secondary N) is 2. The second-order valence-corrected chi connectivity index (χ2v) is 45.3. The molecule has 8 rings (SSSR count). The Morgan fingerprint density at radius 1 is 0.945 bits per heavy atom. The molecule has 8 heterocycles. The van der Waals surface area contributed by atoms with Gasteiger partial charge in [-0.25, -0.2) is 34.3 Å². The second kappa shape index (κ2) is 21.1.